The SMILES string of the molecule is CCc1cccc(S(=O)(=O)CS(=O)(=O)c2cccc(C(=O)Cl)c2)c1. The number of benzene rings is 2. The van der Waals surface area contributed by atoms with Crippen LogP contribution in [0.5, 0.6) is 0 Å². The van der Waals surface area contributed by atoms with Crippen LogP contribution in [-0.4, -0.2) is 27.2 Å². The van der Waals surface area contributed by atoms with Gasteiger partial charge in [-0.25, -0.2) is 16.8 Å². The lowest BCUT2D eigenvalue weighted by Crippen LogP contribution is -2.17. The Bertz CT molecular complexity index is 979. The molecule has 0 unspecified atom stereocenters. The number of aryl methyl sites for hydroxylation is 1. The zero-order chi connectivity index (χ0) is 18.0. The first-order valence-electron chi connectivity index (χ1n) is 7.00. The molecule has 0 aromatic heterocycles. The molecule has 5 nitrogen and oxygen atoms in total. The highest BCUT2D eigenvalue weighted by Gasteiger charge is 2.26. The molecule has 24 heavy (non-hydrogen) atoms. The first kappa shape index (κ1) is 18.6. The highest BCUT2D eigenvalue weighted by atomic mass is 35.5. The second-order valence-corrected chi connectivity index (χ2v) is 9.84. The Hall–Kier alpha value is -1.70. The fourth-order valence-electron chi connectivity index (χ4n) is 2.11. The van der Waals surface area contributed by atoms with Gasteiger partial charge in [0.15, 0.2) is 24.8 Å². The average Bonchev–Trinajstić information content (AvgIpc) is 2.54. The lowest BCUT2D eigenvalue weighted by molar-refractivity contribution is 0.108. The van der Waals surface area contributed by atoms with Gasteiger partial charge in [0.05, 0.1) is 9.79 Å². The number of carbonyl (C=O) groups excluding carboxylic acids is 1. The van der Waals surface area contributed by atoms with E-state index in [-0.39, 0.29) is 15.4 Å². The maximum atomic E-state index is 12.4. The van der Waals surface area contributed by atoms with Crippen LogP contribution in [-0.2, 0) is 26.1 Å². The number of hydrogen-bond acceptors (Lipinski definition) is 5. The topological polar surface area (TPSA) is 85.3 Å². The van der Waals surface area contributed by atoms with Gasteiger partial charge in [-0.05, 0) is 47.9 Å². The molecule has 0 N–H and O–H groups in total. The van der Waals surface area contributed by atoms with E-state index in [1.165, 1.54) is 30.3 Å². The normalized spacial score (nSPS) is 12.1. The zero-order valence-electron chi connectivity index (χ0n) is 12.8. The summed E-state index contributed by atoms with van der Waals surface area (Å²) < 4.78 is 49.7. The lowest BCUT2D eigenvalue weighted by atomic mass is 10.2. The first-order valence-corrected chi connectivity index (χ1v) is 10.7. The molecule has 0 spiro atoms. The molecular formula is C16H15ClO5S2. The van der Waals surface area contributed by atoms with Crippen molar-refractivity contribution in [1.29, 1.82) is 0 Å². The Kier molecular flexibility index (Phi) is 5.47. The van der Waals surface area contributed by atoms with Gasteiger partial charge >= 0.3 is 0 Å². The van der Waals surface area contributed by atoms with Crippen LogP contribution in [0.15, 0.2) is 58.3 Å². The van der Waals surface area contributed by atoms with Crippen LogP contribution in [0.4, 0.5) is 0 Å². The van der Waals surface area contributed by atoms with Gasteiger partial charge in [0, 0.05) is 5.56 Å². The predicted molar refractivity (Wildman–Crippen MR) is 91.7 cm³/mol. The van der Waals surface area contributed by atoms with Crippen molar-refractivity contribution < 1.29 is 21.6 Å². The third-order valence-corrected chi connectivity index (χ3v) is 8.04. The minimum atomic E-state index is -4.14. The molecule has 0 aliphatic heterocycles. The summed E-state index contributed by atoms with van der Waals surface area (Å²) in [6.45, 7) is 1.87. The molecule has 0 bridgehead atoms. The van der Waals surface area contributed by atoms with E-state index >= 15 is 0 Å². The number of rotatable bonds is 6. The summed E-state index contributed by atoms with van der Waals surface area (Å²) >= 11 is 5.34. The predicted octanol–water partition coefficient (Wildman–Crippen LogP) is 2.83. The summed E-state index contributed by atoms with van der Waals surface area (Å²) in [5.41, 5.74) is 0.784. The van der Waals surface area contributed by atoms with Gasteiger partial charge in [-0.2, -0.15) is 0 Å². The molecule has 0 aliphatic rings. The van der Waals surface area contributed by atoms with Gasteiger partial charge in [-0.1, -0.05) is 31.2 Å². The van der Waals surface area contributed by atoms with E-state index in [0.29, 0.717) is 6.42 Å². The van der Waals surface area contributed by atoms with Gasteiger partial charge < -0.3 is 0 Å². The standard InChI is InChI=1S/C16H15ClO5S2/c1-2-12-5-3-7-14(9-12)23(19,20)11-24(21,22)15-8-4-6-13(10-15)16(17)18/h3-10H,2,11H2,1H3. The zero-order valence-corrected chi connectivity index (χ0v) is 15.2. The van der Waals surface area contributed by atoms with Gasteiger partial charge in [0.1, 0.15) is 0 Å². The van der Waals surface area contributed by atoms with Crippen molar-refractivity contribution >= 4 is 36.5 Å². The molecule has 0 saturated heterocycles. The van der Waals surface area contributed by atoms with Gasteiger partial charge in [0.25, 0.3) is 5.24 Å². The van der Waals surface area contributed by atoms with Crippen LogP contribution in [0, 0.1) is 0 Å². The quantitative estimate of drug-likeness (QED) is 0.712. The summed E-state index contributed by atoms with van der Waals surface area (Å²) in [5, 5.41) is -1.89. The smallest absolute Gasteiger partial charge is 0.252 e. The van der Waals surface area contributed by atoms with Crippen LogP contribution in [0.3, 0.4) is 0 Å². The summed E-state index contributed by atoms with van der Waals surface area (Å²) in [7, 11) is -8.18. The fourth-order valence-corrected chi connectivity index (χ4v) is 6.16. The van der Waals surface area contributed by atoms with Crippen molar-refractivity contribution in [3.63, 3.8) is 0 Å². The second kappa shape index (κ2) is 7.04. The van der Waals surface area contributed by atoms with Crippen molar-refractivity contribution in [3.05, 3.63) is 59.7 Å². The highest BCUT2D eigenvalue weighted by molar-refractivity contribution is 8.08. The summed E-state index contributed by atoms with van der Waals surface area (Å²) in [4.78, 5) is 10.8. The molecular weight excluding hydrogens is 372 g/mol. The van der Waals surface area contributed by atoms with E-state index in [1.54, 1.807) is 12.1 Å². The van der Waals surface area contributed by atoms with Crippen molar-refractivity contribution in [2.75, 3.05) is 5.08 Å². The lowest BCUT2D eigenvalue weighted by Gasteiger charge is -2.08. The second-order valence-electron chi connectivity index (χ2n) is 5.15. The van der Waals surface area contributed by atoms with E-state index < -0.39 is 30.0 Å². The molecule has 2 aromatic rings. The molecule has 2 rings (SSSR count). The Labute approximate surface area is 146 Å². The number of hydrogen-bond donors (Lipinski definition) is 0. The number of sulfone groups is 2. The number of carbonyl (C=O) groups is 1. The van der Waals surface area contributed by atoms with E-state index in [1.807, 2.05) is 6.92 Å². The monoisotopic (exact) mass is 386 g/mol. The van der Waals surface area contributed by atoms with Gasteiger partial charge in [-0.3, -0.25) is 4.79 Å². The van der Waals surface area contributed by atoms with E-state index in [9.17, 15) is 21.6 Å². The molecule has 0 radical (unpaired) electrons. The number of halogens is 1. The molecule has 128 valence electrons. The maximum absolute atomic E-state index is 12.4. The Morgan fingerprint density at radius 1 is 0.917 bits per heavy atom. The molecule has 0 amide bonds. The molecule has 0 fully saturated rings. The van der Waals surface area contributed by atoms with Gasteiger partial charge in [-0.15, -0.1) is 0 Å². The van der Waals surface area contributed by atoms with E-state index in [0.717, 1.165) is 11.6 Å². The largest absolute Gasteiger partial charge is 0.276 e. The molecule has 8 heteroatoms. The Morgan fingerprint density at radius 3 is 2.00 bits per heavy atom. The summed E-state index contributed by atoms with van der Waals surface area (Å²) in [6.07, 6.45) is 0.635. The van der Waals surface area contributed by atoms with Crippen molar-refractivity contribution in [3.8, 4) is 0 Å². The van der Waals surface area contributed by atoms with Crippen LogP contribution in [0.2, 0.25) is 0 Å². The maximum Gasteiger partial charge on any atom is 0.252 e. The fraction of sp³-hybridized carbons (Fsp3) is 0.188. The first-order chi connectivity index (χ1) is 11.2. The van der Waals surface area contributed by atoms with E-state index in [4.69, 9.17) is 11.6 Å². The Morgan fingerprint density at radius 2 is 1.46 bits per heavy atom. The van der Waals surface area contributed by atoms with Crippen LogP contribution in [0.1, 0.15) is 22.8 Å². The van der Waals surface area contributed by atoms with Crippen LogP contribution >= 0.6 is 11.6 Å². The highest BCUT2D eigenvalue weighted by Crippen LogP contribution is 2.21. The minimum Gasteiger partial charge on any atom is -0.276 e. The third kappa shape index (κ3) is 4.23. The summed E-state index contributed by atoms with van der Waals surface area (Å²) in [5.74, 6) is 0. The minimum absolute atomic E-state index is 0.0110. The van der Waals surface area contributed by atoms with E-state index in [2.05, 4.69) is 0 Å². The molecule has 0 saturated carbocycles. The molecule has 2 aromatic carbocycles. The molecule has 0 heterocycles. The third-order valence-electron chi connectivity index (χ3n) is 3.40. The van der Waals surface area contributed by atoms with Crippen LogP contribution < -0.4 is 0 Å². The molecule has 0 atom stereocenters. The average molecular weight is 387 g/mol. The van der Waals surface area contributed by atoms with Crippen LogP contribution in [0.25, 0.3) is 0 Å². The van der Waals surface area contributed by atoms with Crippen molar-refractivity contribution in [2.45, 2.75) is 23.1 Å². The van der Waals surface area contributed by atoms with Crippen molar-refractivity contribution in [2.24, 2.45) is 0 Å². The molecule has 0 aliphatic carbocycles. The Balaban J connectivity index is 2.40. The van der Waals surface area contributed by atoms with Gasteiger partial charge in [0.2, 0.25) is 0 Å². The summed E-state index contributed by atoms with van der Waals surface area (Å²) in [6, 6.07) is 11.2. The van der Waals surface area contributed by atoms with Crippen molar-refractivity contribution in [1.82, 2.24) is 0 Å².